The number of carbonyl (C=O) groups is 3. The Bertz CT molecular complexity index is 916. The SMILES string of the molecule is CC[C@]1(c2ccc(OC)cc2)NC(=O)N(CC(=O)Nc2ccccc2F)C1=O. The van der Waals surface area contributed by atoms with Crippen molar-refractivity contribution < 1.29 is 23.5 Å². The summed E-state index contributed by atoms with van der Waals surface area (Å²) in [5, 5.41) is 5.07. The molecule has 1 aliphatic heterocycles. The van der Waals surface area contributed by atoms with Gasteiger partial charge in [-0.15, -0.1) is 0 Å². The van der Waals surface area contributed by atoms with Crippen molar-refractivity contribution in [3.8, 4) is 5.75 Å². The minimum absolute atomic E-state index is 0.0172. The zero-order valence-electron chi connectivity index (χ0n) is 15.5. The zero-order chi connectivity index (χ0) is 20.3. The van der Waals surface area contributed by atoms with Crippen LogP contribution in [0.3, 0.4) is 0 Å². The summed E-state index contributed by atoms with van der Waals surface area (Å²) >= 11 is 0. The van der Waals surface area contributed by atoms with Gasteiger partial charge in [0, 0.05) is 0 Å². The molecule has 1 atom stereocenters. The average Bonchev–Trinajstić information content (AvgIpc) is 2.95. The molecule has 3 rings (SSSR count). The topological polar surface area (TPSA) is 87.7 Å². The summed E-state index contributed by atoms with van der Waals surface area (Å²) in [4.78, 5) is 38.6. The van der Waals surface area contributed by atoms with Crippen LogP contribution in [0.2, 0.25) is 0 Å². The molecule has 8 heteroatoms. The van der Waals surface area contributed by atoms with Crippen LogP contribution in [0.1, 0.15) is 18.9 Å². The van der Waals surface area contributed by atoms with Gasteiger partial charge in [-0.25, -0.2) is 9.18 Å². The maximum atomic E-state index is 13.7. The van der Waals surface area contributed by atoms with Crippen molar-refractivity contribution in [1.82, 2.24) is 10.2 Å². The number of halogens is 1. The van der Waals surface area contributed by atoms with Gasteiger partial charge in [-0.1, -0.05) is 31.2 Å². The van der Waals surface area contributed by atoms with Crippen LogP contribution in [-0.2, 0) is 15.1 Å². The molecule has 0 radical (unpaired) electrons. The van der Waals surface area contributed by atoms with E-state index >= 15 is 0 Å². The van der Waals surface area contributed by atoms with E-state index in [1.165, 1.54) is 25.3 Å². The fourth-order valence-electron chi connectivity index (χ4n) is 3.18. The highest BCUT2D eigenvalue weighted by Crippen LogP contribution is 2.33. The molecule has 0 spiro atoms. The van der Waals surface area contributed by atoms with Crippen LogP contribution in [0.4, 0.5) is 14.9 Å². The highest BCUT2D eigenvalue weighted by atomic mass is 19.1. The summed E-state index contributed by atoms with van der Waals surface area (Å²) in [5.41, 5.74) is -0.690. The number of carbonyl (C=O) groups excluding carboxylic acids is 3. The lowest BCUT2D eigenvalue weighted by molar-refractivity contribution is -0.134. The summed E-state index contributed by atoms with van der Waals surface area (Å²) in [6, 6.07) is 11.8. The van der Waals surface area contributed by atoms with Crippen LogP contribution >= 0.6 is 0 Å². The Labute approximate surface area is 161 Å². The van der Waals surface area contributed by atoms with E-state index in [0.717, 1.165) is 4.90 Å². The number of benzene rings is 2. The molecule has 0 bridgehead atoms. The Kier molecular flexibility index (Phi) is 5.30. The first-order valence-corrected chi connectivity index (χ1v) is 8.74. The molecule has 0 saturated carbocycles. The summed E-state index contributed by atoms with van der Waals surface area (Å²) in [5.74, 6) is -1.19. The number of imide groups is 1. The number of methoxy groups -OCH3 is 1. The third-order valence-electron chi connectivity index (χ3n) is 4.74. The van der Waals surface area contributed by atoms with Crippen molar-refractivity contribution in [3.05, 3.63) is 59.9 Å². The second-order valence-electron chi connectivity index (χ2n) is 6.34. The van der Waals surface area contributed by atoms with E-state index in [9.17, 15) is 18.8 Å². The fraction of sp³-hybridized carbons (Fsp3) is 0.250. The highest BCUT2D eigenvalue weighted by Gasteiger charge is 2.51. The molecule has 28 heavy (non-hydrogen) atoms. The Morgan fingerprint density at radius 1 is 1.18 bits per heavy atom. The lowest BCUT2D eigenvalue weighted by Gasteiger charge is -2.26. The number of anilines is 1. The molecule has 1 heterocycles. The average molecular weight is 385 g/mol. The van der Waals surface area contributed by atoms with E-state index < -0.39 is 35.7 Å². The number of urea groups is 1. The van der Waals surface area contributed by atoms with Crippen LogP contribution < -0.4 is 15.4 Å². The number of ether oxygens (including phenoxy) is 1. The molecular weight excluding hydrogens is 365 g/mol. The Morgan fingerprint density at radius 3 is 2.46 bits per heavy atom. The van der Waals surface area contributed by atoms with Crippen LogP contribution in [0.15, 0.2) is 48.5 Å². The number of nitrogens with zero attached hydrogens (tertiary/aromatic N) is 1. The molecule has 2 N–H and O–H groups in total. The Balaban J connectivity index is 1.79. The molecule has 0 aromatic heterocycles. The third-order valence-corrected chi connectivity index (χ3v) is 4.74. The molecule has 146 valence electrons. The number of para-hydroxylation sites is 1. The van der Waals surface area contributed by atoms with Gasteiger partial charge in [0.25, 0.3) is 5.91 Å². The Hall–Kier alpha value is -3.42. The second kappa shape index (κ2) is 7.67. The van der Waals surface area contributed by atoms with Gasteiger partial charge in [0.2, 0.25) is 5.91 Å². The molecule has 7 nitrogen and oxygen atoms in total. The van der Waals surface area contributed by atoms with Crippen LogP contribution in [0.5, 0.6) is 5.75 Å². The minimum Gasteiger partial charge on any atom is -0.497 e. The predicted molar refractivity (Wildman–Crippen MR) is 100 cm³/mol. The van der Waals surface area contributed by atoms with E-state index in [1.807, 2.05) is 0 Å². The minimum atomic E-state index is -1.26. The van der Waals surface area contributed by atoms with Gasteiger partial charge in [-0.3, -0.25) is 14.5 Å². The molecule has 2 aromatic carbocycles. The van der Waals surface area contributed by atoms with Crippen molar-refractivity contribution in [2.45, 2.75) is 18.9 Å². The van der Waals surface area contributed by atoms with Gasteiger partial charge in [0.1, 0.15) is 23.7 Å². The molecule has 4 amide bonds. The molecule has 1 fully saturated rings. The normalized spacial score (nSPS) is 18.8. The largest absolute Gasteiger partial charge is 0.497 e. The first-order chi connectivity index (χ1) is 13.4. The van der Waals surface area contributed by atoms with Gasteiger partial charge < -0.3 is 15.4 Å². The van der Waals surface area contributed by atoms with E-state index in [2.05, 4.69) is 10.6 Å². The first kappa shape index (κ1) is 19.3. The van der Waals surface area contributed by atoms with Crippen LogP contribution in [0.25, 0.3) is 0 Å². The number of nitrogens with one attached hydrogen (secondary N) is 2. The second-order valence-corrected chi connectivity index (χ2v) is 6.34. The van der Waals surface area contributed by atoms with Gasteiger partial charge in [0.15, 0.2) is 0 Å². The quantitative estimate of drug-likeness (QED) is 0.749. The lowest BCUT2D eigenvalue weighted by atomic mass is 9.87. The number of rotatable bonds is 6. The number of hydrogen-bond donors (Lipinski definition) is 2. The molecular formula is C20H20FN3O4. The maximum Gasteiger partial charge on any atom is 0.325 e. The fourth-order valence-corrected chi connectivity index (χ4v) is 3.18. The standard InChI is InChI=1S/C20H20FN3O4/c1-3-20(13-8-10-14(28-2)11-9-13)18(26)24(19(27)23-20)12-17(25)22-16-7-5-4-6-15(16)21/h4-11H,3,12H2,1-2H3,(H,22,25)(H,23,27)/t20-/m1/s1. The summed E-state index contributed by atoms with van der Waals surface area (Å²) in [6.07, 6.45) is 0.301. The smallest absolute Gasteiger partial charge is 0.325 e. The predicted octanol–water partition coefficient (Wildman–Crippen LogP) is 2.63. The monoisotopic (exact) mass is 385 g/mol. The van der Waals surface area contributed by atoms with E-state index in [0.29, 0.717) is 17.7 Å². The van der Waals surface area contributed by atoms with Gasteiger partial charge >= 0.3 is 6.03 Å². The van der Waals surface area contributed by atoms with Crippen LogP contribution in [-0.4, -0.2) is 36.4 Å². The number of amides is 4. The van der Waals surface area contributed by atoms with Gasteiger partial charge in [0.05, 0.1) is 12.8 Å². The third kappa shape index (κ3) is 3.40. The number of hydrogen-bond acceptors (Lipinski definition) is 4. The van der Waals surface area contributed by atoms with Crippen molar-refractivity contribution in [2.24, 2.45) is 0 Å². The van der Waals surface area contributed by atoms with Gasteiger partial charge in [-0.05, 0) is 36.2 Å². The van der Waals surface area contributed by atoms with Gasteiger partial charge in [-0.2, -0.15) is 0 Å². The van der Waals surface area contributed by atoms with Crippen molar-refractivity contribution in [2.75, 3.05) is 19.0 Å². The Morgan fingerprint density at radius 2 is 1.86 bits per heavy atom. The molecule has 0 unspecified atom stereocenters. The van der Waals surface area contributed by atoms with Crippen molar-refractivity contribution in [1.29, 1.82) is 0 Å². The summed E-state index contributed by atoms with van der Waals surface area (Å²) in [7, 11) is 1.53. The van der Waals surface area contributed by atoms with Crippen molar-refractivity contribution in [3.63, 3.8) is 0 Å². The summed E-state index contributed by atoms with van der Waals surface area (Å²) in [6.45, 7) is 1.25. The van der Waals surface area contributed by atoms with Crippen molar-refractivity contribution >= 4 is 23.5 Å². The summed E-state index contributed by atoms with van der Waals surface area (Å²) < 4.78 is 18.8. The first-order valence-electron chi connectivity index (χ1n) is 8.74. The van der Waals surface area contributed by atoms with E-state index in [-0.39, 0.29) is 5.69 Å². The maximum absolute atomic E-state index is 13.7. The lowest BCUT2D eigenvalue weighted by Crippen LogP contribution is -2.44. The molecule has 2 aromatic rings. The highest BCUT2D eigenvalue weighted by molar-refractivity contribution is 6.10. The van der Waals surface area contributed by atoms with E-state index in [1.54, 1.807) is 37.3 Å². The zero-order valence-corrected chi connectivity index (χ0v) is 15.5. The van der Waals surface area contributed by atoms with E-state index in [4.69, 9.17) is 4.74 Å². The molecule has 1 saturated heterocycles. The molecule has 1 aliphatic rings. The van der Waals surface area contributed by atoms with Crippen LogP contribution in [0, 0.1) is 5.82 Å². The molecule has 0 aliphatic carbocycles.